The van der Waals surface area contributed by atoms with Gasteiger partial charge in [0, 0.05) is 30.9 Å². The fourth-order valence-corrected chi connectivity index (χ4v) is 2.97. The van der Waals surface area contributed by atoms with Gasteiger partial charge in [0.25, 0.3) is 0 Å². The second kappa shape index (κ2) is 12.9. The Hall–Kier alpha value is -2.41. The summed E-state index contributed by atoms with van der Waals surface area (Å²) in [6.07, 6.45) is 3.40. The lowest BCUT2D eigenvalue weighted by atomic mass is 10.0. The van der Waals surface area contributed by atoms with Crippen molar-refractivity contribution in [1.29, 1.82) is 0 Å². The third kappa shape index (κ3) is 7.85. The topological polar surface area (TPSA) is 92.9 Å². The Labute approximate surface area is 183 Å². The van der Waals surface area contributed by atoms with E-state index in [9.17, 15) is 4.79 Å². The largest absolute Gasteiger partial charge is 0.369 e. The van der Waals surface area contributed by atoms with Gasteiger partial charge in [0.2, 0.25) is 5.91 Å². The summed E-state index contributed by atoms with van der Waals surface area (Å²) in [5.74, 6) is 0.808. The van der Waals surface area contributed by atoms with Gasteiger partial charge in [0.05, 0.1) is 5.52 Å². The number of carbonyl (C=O) groups is 1. The van der Waals surface area contributed by atoms with Crippen LogP contribution in [0.1, 0.15) is 18.4 Å². The molecule has 0 aliphatic heterocycles. The highest BCUT2D eigenvalue weighted by atomic mass is 35.5. The molecule has 0 spiro atoms. The van der Waals surface area contributed by atoms with Crippen LogP contribution in [0.25, 0.3) is 10.9 Å². The monoisotopic (exact) mass is 435 g/mol. The van der Waals surface area contributed by atoms with Gasteiger partial charge in [-0.15, -0.1) is 24.8 Å². The molecule has 1 heterocycles. The van der Waals surface area contributed by atoms with E-state index in [-0.39, 0.29) is 36.8 Å². The Morgan fingerprint density at radius 1 is 0.966 bits per heavy atom. The molecule has 0 saturated heterocycles. The molecule has 3 rings (SSSR count). The number of hydrogen-bond acceptors (Lipinski definition) is 5. The minimum atomic E-state index is -0.169. The number of aromatic nitrogens is 2. The maximum Gasteiger partial charge on any atom is 0.221 e. The summed E-state index contributed by atoms with van der Waals surface area (Å²) in [6.45, 7) is 1.32. The highest BCUT2D eigenvalue weighted by molar-refractivity contribution is 5.88. The molecule has 156 valence electrons. The van der Waals surface area contributed by atoms with Crippen molar-refractivity contribution in [3.63, 3.8) is 0 Å². The maximum atomic E-state index is 12.0. The van der Waals surface area contributed by atoms with Crippen molar-refractivity contribution in [3.05, 3.63) is 66.5 Å². The molecule has 0 fully saturated rings. The Kier molecular flexibility index (Phi) is 11.0. The standard InChI is InChI=1S/C21H25N5O.2ClH/c22-17(13-16-7-2-1-3-8-16)14-20(27)23-11-6-12-24-21-18-9-4-5-10-19(18)25-15-26-21;;/h1-5,7-10,15,17H,6,11-14,22H2,(H,23,27)(H,24,25,26);2*1H. The Morgan fingerprint density at radius 2 is 1.69 bits per heavy atom. The third-order valence-electron chi connectivity index (χ3n) is 4.30. The van der Waals surface area contributed by atoms with Crippen molar-refractivity contribution in [1.82, 2.24) is 15.3 Å². The summed E-state index contributed by atoms with van der Waals surface area (Å²) in [7, 11) is 0. The maximum absolute atomic E-state index is 12.0. The number of anilines is 1. The Bertz CT molecular complexity index is 874. The third-order valence-corrected chi connectivity index (χ3v) is 4.30. The first-order chi connectivity index (χ1) is 13.2. The minimum Gasteiger partial charge on any atom is -0.369 e. The van der Waals surface area contributed by atoms with E-state index in [0.717, 1.165) is 35.2 Å². The molecular formula is C21H27Cl2N5O. The number of carbonyl (C=O) groups excluding carboxylic acids is 1. The molecule has 0 aliphatic carbocycles. The van der Waals surface area contributed by atoms with Crippen LogP contribution in [-0.2, 0) is 11.2 Å². The molecule has 2 aromatic carbocycles. The van der Waals surface area contributed by atoms with Crippen LogP contribution in [0.4, 0.5) is 5.82 Å². The lowest BCUT2D eigenvalue weighted by Crippen LogP contribution is -2.33. The van der Waals surface area contributed by atoms with Crippen LogP contribution in [-0.4, -0.2) is 35.0 Å². The summed E-state index contributed by atoms with van der Waals surface area (Å²) in [5, 5.41) is 7.24. The van der Waals surface area contributed by atoms with Crippen molar-refractivity contribution in [2.24, 2.45) is 5.73 Å². The van der Waals surface area contributed by atoms with Gasteiger partial charge in [-0.25, -0.2) is 9.97 Å². The summed E-state index contributed by atoms with van der Waals surface area (Å²) < 4.78 is 0. The summed E-state index contributed by atoms with van der Waals surface area (Å²) in [5.41, 5.74) is 8.14. The molecular weight excluding hydrogens is 409 g/mol. The first-order valence-electron chi connectivity index (χ1n) is 9.22. The fraction of sp³-hybridized carbons (Fsp3) is 0.286. The molecule has 6 nitrogen and oxygen atoms in total. The number of fused-ring (bicyclic) bond motifs is 1. The first kappa shape index (κ1) is 24.6. The number of nitrogens with one attached hydrogen (secondary N) is 2. The SMILES string of the molecule is Cl.Cl.NC(CC(=O)NCCCNc1ncnc2ccccc12)Cc1ccccc1. The molecule has 1 amide bonds. The highest BCUT2D eigenvalue weighted by Gasteiger charge is 2.10. The second-order valence-corrected chi connectivity index (χ2v) is 6.52. The van der Waals surface area contributed by atoms with Crippen molar-refractivity contribution >= 4 is 47.4 Å². The van der Waals surface area contributed by atoms with E-state index in [1.54, 1.807) is 6.33 Å². The molecule has 1 aromatic heterocycles. The Balaban J connectivity index is 0.00000210. The second-order valence-electron chi connectivity index (χ2n) is 6.52. The van der Waals surface area contributed by atoms with E-state index in [2.05, 4.69) is 20.6 Å². The van der Waals surface area contributed by atoms with E-state index in [1.165, 1.54) is 0 Å². The van der Waals surface area contributed by atoms with Crippen LogP contribution >= 0.6 is 24.8 Å². The summed E-state index contributed by atoms with van der Waals surface area (Å²) in [6, 6.07) is 17.7. The zero-order valence-electron chi connectivity index (χ0n) is 16.1. The number of hydrogen-bond donors (Lipinski definition) is 3. The molecule has 1 unspecified atom stereocenters. The van der Waals surface area contributed by atoms with Gasteiger partial charge in [-0.1, -0.05) is 42.5 Å². The number of halogens is 2. The van der Waals surface area contributed by atoms with E-state index in [4.69, 9.17) is 5.73 Å². The quantitative estimate of drug-likeness (QED) is 0.448. The smallest absolute Gasteiger partial charge is 0.221 e. The van der Waals surface area contributed by atoms with E-state index < -0.39 is 0 Å². The molecule has 3 aromatic rings. The normalized spacial score (nSPS) is 11.1. The predicted molar refractivity (Wildman–Crippen MR) is 123 cm³/mol. The Morgan fingerprint density at radius 3 is 2.48 bits per heavy atom. The lowest BCUT2D eigenvalue weighted by Gasteiger charge is -2.12. The van der Waals surface area contributed by atoms with Gasteiger partial charge in [-0.05, 0) is 30.5 Å². The lowest BCUT2D eigenvalue weighted by molar-refractivity contribution is -0.121. The van der Waals surface area contributed by atoms with Gasteiger partial charge in [0.1, 0.15) is 12.1 Å². The first-order valence-corrected chi connectivity index (χ1v) is 9.22. The molecule has 8 heteroatoms. The predicted octanol–water partition coefficient (Wildman–Crippen LogP) is 3.35. The fourth-order valence-electron chi connectivity index (χ4n) is 2.97. The number of rotatable bonds is 9. The van der Waals surface area contributed by atoms with Crippen molar-refractivity contribution < 1.29 is 4.79 Å². The molecule has 0 aliphatic rings. The van der Waals surface area contributed by atoms with Crippen LogP contribution < -0.4 is 16.4 Å². The molecule has 1 atom stereocenters. The zero-order valence-corrected chi connectivity index (χ0v) is 17.7. The zero-order chi connectivity index (χ0) is 18.9. The van der Waals surface area contributed by atoms with E-state index in [0.29, 0.717) is 19.4 Å². The average Bonchev–Trinajstić information content (AvgIpc) is 2.68. The highest BCUT2D eigenvalue weighted by Crippen LogP contribution is 2.17. The van der Waals surface area contributed by atoms with Crippen LogP contribution in [0.5, 0.6) is 0 Å². The van der Waals surface area contributed by atoms with Gasteiger partial charge in [-0.3, -0.25) is 4.79 Å². The molecule has 29 heavy (non-hydrogen) atoms. The van der Waals surface area contributed by atoms with Gasteiger partial charge in [0.15, 0.2) is 0 Å². The number of nitrogens with zero attached hydrogens (tertiary/aromatic N) is 2. The van der Waals surface area contributed by atoms with Crippen molar-refractivity contribution in [2.45, 2.75) is 25.3 Å². The average molecular weight is 436 g/mol. The molecule has 4 N–H and O–H groups in total. The summed E-state index contributed by atoms with van der Waals surface area (Å²) >= 11 is 0. The van der Waals surface area contributed by atoms with Gasteiger partial charge < -0.3 is 16.4 Å². The van der Waals surface area contributed by atoms with Crippen LogP contribution in [0.2, 0.25) is 0 Å². The van der Waals surface area contributed by atoms with Crippen LogP contribution in [0.3, 0.4) is 0 Å². The van der Waals surface area contributed by atoms with Crippen molar-refractivity contribution in [2.75, 3.05) is 18.4 Å². The molecule has 0 bridgehead atoms. The number of amides is 1. The summed E-state index contributed by atoms with van der Waals surface area (Å²) in [4.78, 5) is 20.6. The van der Waals surface area contributed by atoms with Crippen LogP contribution in [0.15, 0.2) is 60.9 Å². The van der Waals surface area contributed by atoms with E-state index in [1.807, 2.05) is 54.6 Å². The number of benzene rings is 2. The molecule has 0 saturated carbocycles. The van der Waals surface area contributed by atoms with Crippen molar-refractivity contribution in [3.8, 4) is 0 Å². The number of nitrogens with two attached hydrogens (primary N) is 1. The minimum absolute atomic E-state index is 0. The van der Waals surface area contributed by atoms with Gasteiger partial charge >= 0.3 is 0 Å². The van der Waals surface area contributed by atoms with Gasteiger partial charge in [-0.2, -0.15) is 0 Å². The molecule has 0 radical (unpaired) electrons. The number of para-hydroxylation sites is 1. The van der Waals surface area contributed by atoms with Crippen LogP contribution in [0, 0.1) is 0 Å². The van der Waals surface area contributed by atoms with E-state index >= 15 is 0 Å².